The number of aromatic amines is 1. The maximum atomic E-state index is 12.2. The van der Waals surface area contributed by atoms with E-state index in [1.165, 1.54) is 0 Å². The zero-order valence-electron chi connectivity index (χ0n) is 13.9. The lowest BCUT2D eigenvalue weighted by molar-refractivity contribution is 0.0944. The average Bonchev–Trinajstić information content (AvgIpc) is 3.40. The first-order valence-corrected chi connectivity index (χ1v) is 7.97. The van der Waals surface area contributed by atoms with Gasteiger partial charge in [-0.05, 0) is 31.2 Å². The van der Waals surface area contributed by atoms with Crippen LogP contribution in [0, 0.1) is 6.92 Å². The Bertz CT molecular complexity index is 1030. The number of carbonyl (C=O) groups is 1. The van der Waals surface area contributed by atoms with Crippen molar-refractivity contribution >= 4 is 5.91 Å². The molecular formula is C18H15N5O3. The number of nitrogens with zero attached hydrogens (tertiary/aromatic N) is 3. The number of rotatable bonds is 5. The lowest BCUT2D eigenvalue weighted by Gasteiger charge is -1.97. The molecule has 4 aromatic rings. The van der Waals surface area contributed by atoms with Crippen LogP contribution in [0.5, 0.6) is 0 Å². The molecule has 0 radical (unpaired) electrons. The molecule has 0 unspecified atom stereocenters. The average molecular weight is 349 g/mol. The first-order valence-electron chi connectivity index (χ1n) is 7.97. The van der Waals surface area contributed by atoms with Crippen molar-refractivity contribution in [1.29, 1.82) is 0 Å². The van der Waals surface area contributed by atoms with E-state index in [-0.39, 0.29) is 18.1 Å². The van der Waals surface area contributed by atoms with Crippen LogP contribution in [0.3, 0.4) is 0 Å². The number of amides is 1. The summed E-state index contributed by atoms with van der Waals surface area (Å²) in [6, 6.07) is 14.7. The summed E-state index contributed by atoms with van der Waals surface area (Å²) >= 11 is 0. The van der Waals surface area contributed by atoms with Crippen LogP contribution in [0.1, 0.15) is 22.1 Å². The molecule has 1 aromatic carbocycles. The summed E-state index contributed by atoms with van der Waals surface area (Å²) in [4.78, 5) is 16.5. The van der Waals surface area contributed by atoms with Crippen molar-refractivity contribution < 1.29 is 13.7 Å². The molecule has 0 aliphatic heterocycles. The minimum atomic E-state index is -0.346. The number of nitrogens with one attached hydrogen (secondary N) is 2. The molecule has 0 aliphatic rings. The van der Waals surface area contributed by atoms with Gasteiger partial charge in [0.2, 0.25) is 0 Å². The largest absolute Gasteiger partial charge is 0.460 e. The molecular weight excluding hydrogens is 334 g/mol. The topological polar surface area (TPSA) is 110 Å². The summed E-state index contributed by atoms with van der Waals surface area (Å²) in [7, 11) is 0. The van der Waals surface area contributed by atoms with E-state index >= 15 is 0 Å². The van der Waals surface area contributed by atoms with E-state index in [4.69, 9.17) is 8.94 Å². The van der Waals surface area contributed by atoms with Gasteiger partial charge in [0.25, 0.3) is 11.8 Å². The minimum Gasteiger partial charge on any atom is -0.460 e. The summed E-state index contributed by atoms with van der Waals surface area (Å²) in [6.45, 7) is 1.99. The van der Waals surface area contributed by atoms with Gasteiger partial charge >= 0.3 is 0 Å². The Morgan fingerprint density at radius 1 is 1.19 bits per heavy atom. The van der Waals surface area contributed by atoms with Gasteiger partial charge in [0.05, 0.1) is 6.54 Å². The standard InChI is InChI=1S/C18H15N5O3/c1-11-7-8-15(25-11)13-9-14(22-21-13)17(24)19-10-16-20-18(26-23-16)12-5-3-2-4-6-12/h2-9H,10H2,1H3,(H,19,24)(H,21,22). The van der Waals surface area contributed by atoms with Crippen molar-refractivity contribution in [3.8, 4) is 22.9 Å². The van der Waals surface area contributed by atoms with Gasteiger partial charge in [0, 0.05) is 11.6 Å². The van der Waals surface area contributed by atoms with Gasteiger partial charge in [0.15, 0.2) is 17.3 Å². The zero-order chi connectivity index (χ0) is 17.9. The first-order chi connectivity index (χ1) is 12.7. The number of hydrogen-bond donors (Lipinski definition) is 2. The fraction of sp³-hybridized carbons (Fsp3) is 0.111. The van der Waals surface area contributed by atoms with Crippen LogP contribution >= 0.6 is 0 Å². The molecule has 0 spiro atoms. The SMILES string of the molecule is Cc1ccc(-c2cc(C(=O)NCc3noc(-c4ccccc4)n3)n[nH]2)o1. The monoisotopic (exact) mass is 349 g/mol. The van der Waals surface area contributed by atoms with Crippen molar-refractivity contribution in [2.45, 2.75) is 13.5 Å². The molecule has 130 valence electrons. The fourth-order valence-corrected chi connectivity index (χ4v) is 2.42. The van der Waals surface area contributed by atoms with Crippen LogP contribution in [-0.2, 0) is 6.54 Å². The first kappa shape index (κ1) is 15.8. The van der Waals surface area contributed by atoms with Crippen LogP contribution in [0.2, 0.25) is 0 Å². The predicted octanol–water partition coefficient (Wildman–Crippen LogP) is 2.96. The molecule has 4 rings (SSSR count). The van der Waals surface area contributed by atoms with E-state index in [9.17, 15) is 4.79 Å². The quantitative estimate of drug-likeness (QED) is 0.573. The van der Waals surface area contributed by atoms with Crippen molar-refractivity contribution in [1.82, 2.24) is 25.7 Å². The highest BCUT2D eigenvalue weighted by atomic mass is 16.5. The molecule has 0 fully saturated rings. The molecule has 1 amide bonds. The predicted molar refractivity (Wildman–Crippen MR) is 91.9 cm³/mol. The van der Waals surface area contributed by atoms with Crippen molar-refractivity contribution in [2.24, 2.45) is 0 Å². The second-order valence-corrected chi connectivity index (χ2v) is 5.64. The normalized spacial score (nSPS) is 10.8. The maximum absolute atomic E-state index is 12.2. The Labute approximate surface area is 148 Å². The number of aryl methyl sites for hydroxylation is 1. The highest BCUT2D eigenvalue weighted by Gasteiger charge is 2.15. The van der Waals surface area contributed by atoms with E-state index < -0.39 is 0 Å². The Hall–Kier alpha value is -3.68. The summed E-state index contributed by atoms with van der Waals surface area (Å²) in [5.41, 5.74) is 1.71. The van der Waals surface area contributed by atoms with Crippen LogP contribution in [-0.4, -0.2) is 26.2 Å². The van der Waals surface area contributed by atoms with Gasteiger partial charge < -0.3 is 14.3 Å². The lowest BCUT2D eigenvalue weighted by Crippen LogP contribution is -2.23. The van der Waals surface area contributed by atoms with Gasteiger partial charge in [-0.3, -0.25) is 9.89 Å². The molecule has 0 bridgehead atoms. The third-order valence-electron chi connectivity index (χ3n) is 3.71. The Balaban J connectivity index is 1.40. The summed E-state index contributed by atoms with van der Waals surface area (Å²) in [6.07, 6.45) is 0. The highest BCUT2D eigenvalue weighted by molar-refractivity contribution is 5.93. The highest BCUT2D eigenvalue weighted by Crippen LogP contribution is 2.20. The van der Waals surface area contributed by atoms with E-state index in [1.54, 1.807) is 6.07 Å². The molecule has 3 heterocycles. The summed E-state index contributed by atoms with van der Waals surface area (Å²) in [5, 5.41) is 13.4. The third-order valence-corrected chi connectivity index (χ3v) is 3.71. The smallest absolute Gasteiger partial charge is 0.272 e. The van der Waals surface area contributed by atoms with Crippen molar-refractivity contribution in [3.05, 3.63) is 65.8 Å². The van der Waals surface area contributed by atoms with E-state index in [2.05, 4.69) is 25.7 Å². The second-order valence-electron chi connectivity index (χ2n) is 5.64. The zero-order valence-corrected chi connectivity index (χ0v) is 13.9. The lowest BCUT2D eigenvalue weighted by atomic mass is 10.2. The number of benzene rings is 1. The van der Waals surface area contributed by atoms with Crippen LogP contribution in [0.25, 0.3) is 22.9 Å². The van der Waals surface area contributed by atoms with E-state index in [1.807, 2.05) is 49.4 Å². The number of aromatic nitrogens is 4. The molecule has 2 N–H and O–H groups in total. The molecule has 0 saturated carbocycles. The van der Waals surface area contributed by atoms with Gasteiger partial charge in [-0.15, -0.1) is 0 Å². The van der Waals surface area contributed by atoms with Gasteiger partial charge in [0.1, 0.15) is 11.5 Å². The minimum absolute atomic E-state index is 0.136. The van der Waals surface area contributed by atoms with Crippen LogP contribution < -0.4 is 5.32 Å². The van der Waals surface area contributed by atoms with Gasteiger partial charge in [-0.25, -0.2) is 0 Å². The maximum Gasteiger partial charge on any atom is 0.272 e. The van der Waals surface area contributed by atoms with Gasteiger partial charge in [-0.1, -0.05) is 23.4 Å². The Morgan fingerprint density at radius 3 is 2.81 bits per heavy atom. The van der Waals surface area contributed by atoms with Crippen LogP contribution in [0.4, 0.5) is 0 Å². The molecule has 8 heteroatoms. The number of H-pyrrole nitrogens is 1. The Kier molecular flexibility index (Phi) is 4.06. The van der Waals surface area contributed by atoms with Crippen molar-refractivity contribution in [2.75, 3.05) is 0 Å². The molecule has 26 heavy (non-hydrogen) atoms. The number of hydrogen-bond acceptors (Lipinski definition) is 6. The second kappa shape index (κ2) is 6.67. The fourth-order valence-electron chi connectivity index (χ4n) is 2.42. The summed E-state index contributed by atoms with van der Waals surface area (Å²) < 4.78 is 10.7. The summed E-state index contributed by atoms with van der Waals surface area (Å²) in [5.74, 6) is 1.85. The number of furan rings is 1. The van der Waals surface area contributed by atoms with E-state index in [0.29, 0.717) is 23.2 Å². The third kappa shape index (κ3) is 3.25. The van der Waals surface area contributed by atoms with Gasteiger partial charge in [-0.2, -0.15) is 10.1 Å². The van der Waals surface area contributed by atoms with E-state index in [0.717, 1.165) is 11.3 Å². The molecule has 0 aliphatic carbocycles. The molecule has 8 nitrogen and oxygen atoms in total. The van der Waals surface area contributed by atoms with Crippen molar-refractivity contribution in [3.63, 3.8) is 0 Å². The molecule has 3 aromatic heterocycles. The number of carbonyl (C=O) groups excluding carboxylic acids is 1. The molecule has 0 atom stereocenters. The van der Waals surface area contributed by atoms with Crippen LogP contribution in [0.15, 0.2) is 57.5 Å². The Morgan fingerprint density at radius 2 is 2.04 bits per heavy atom. The molecule has 0 saturated heterocycles.